The van der Waals surface area contributed by atoms with E-state index in [4.69, 9.17) is 0 Å². The molecule has 0 fully saturated rings. The van der Waals surface area contributed by atoms with Gasteiger partial charge < -0.3 is 4.90 Å². The topological polar surface area (TPSA) is 29.0 Å². The molecule has 0 spiro atoms. The molecule has 0 aliphatic carbocycles. The molecular weight excluding hydrogens is 290 g/mol. The first-order valence-electron chi connectivity index (χ1n) is 5.82. The third kappa shape index (κ3) is 3.07. The van der Waals surface area contributed by atoms with Crippen LogP contribution in [0.3, 0.4) is 0 Å². The molecule has 0 aromatic carbocycles. The lowest BCUT2D eigenvalue weighted by Crippen LogP contribution is -2.19. The number of nitrogens with zero attached hydrogens (tertiary/aromatic N) is 3. The Hall–Kier alpha value is -1.42. The van der Waals surface area contributed by atoms with Gasteiger partial charge >= 0.3 is 0 Å². The molecule has 2 aromatic rings. The molecule has 18 heavy (non-hydrogen) atoms. The van der Waals surface area contributed by atoms with Crippen LogP contribution in [0.5, 0.6) is 0 Å². The maximum Gasteiger partial charge on any atom is 0.131 e. The van der Waals surface area contributed by atoms with Gasteiger partial charge in [0.15, 0.2) is 0 Å². The second kappa shape index (κ2) is 5.48. The fraction of sp³-hybridized carbons (Fsp3) is 0.286. The molecule has 0 atom stereocenters. The maximum atomic E-state index is 4.51. The summed E-state index contributed by atoms with van der Waals surface area (Å²) in [4.78, 5) is 11.1. The number of hydrogen-bond acceptors (Lipinski definition) is 3. The highest BCUT2D eigenvalue weighted by atomic mass is 79.9. The molecule has 4 heteroatoms. The van der Waals surface area contributed by atoms with Crippen molar-refractivity contribution in [2.24, 2.45) is 0 Å². The fourth-order valence-electron chi connectivity index (χ4n) is 1.94. The summed E-state index contributed by atoms with van der Waals surface area (Å²) in [5, 5.41) is 0. The quantitative estimate of drug-likeness (QED) is 0.869. The summed E-state index contributed by atoms with van der Waals surface area (Å²) in [5.74, 6) is 0.988. The molecule has 0 aliphatic rings. The Morgan fingerprint density at radius 3 is 2.72 bits per heavy atom. The highest BCUT2D eigenvalue weighted by Gasteiger charge is 2.08. The molecule has 2 aromatic heterocycles. The molecule has 0 unspecified atom stereocenters. The van der Waals surface area contributed by atoms with Crippen molar-refractivity contribution in [2.75, 3.05) is 11.9 Å². The van der Waals surface area contributed by atoms with Crippen LogP contribution in [0.2, 0.25) is 0 Å². The van der Waals surface area contributed by atoms with Gasteiger partial charge in [0.25, 0.3) is 0 Å². The van der Waals surface area contributed by atoms with Gasteiger partial charge in [0, 0.05) is 23.4 Å². The summed E-state index contributed by atoms with van der Waals surface area (Å²) in [7, 11) is 2.03. The van der Waals surface area contributed by atoms with Crippen molar-refractivity contribution in [3.63, 3.8) is 0 Å². The minimum absolute atomic E-state index is 0.761. The summed E-state index contributed by atoms with van der Waals surface area (Å²) in [6.07, 6.45) is 1.82. The van der Waals surface area contributed by atoms with Gasteiger partial charge in [-0.3, -0.25) is 4.98 Å². The third-order valence-corrected chi connectivity index (χ3v) is 3.16. The molecule has 0 aliphatic heterocycles. The van der Waals surface area contributed by atoms with E-state index in [0.29, 0.717) is 0 Å². The van der Waals surface area contributed by atoms with Gasteiger partial charge in [0.05, 0.1) is 12.2 Å². The van der Waals surface area contributed by atoms with E-state index in [0.717, 1.165) is 33.8 Å². The number of pyridine rings is 2. The lowest BCUT2D eigenvalue weighted by atomic mass is 10.2. The van der Waals surface area contributed by atoms with Gasteiger partial charge in [-0.2, -0.15) is 0 Å². The van der Waals surface area contributed by atoms with Crippen LogP contribution in [0.1, 0.15) is 17.0 Å². The van der Waals surface area contributed by atoms with Gasteiger partial charge in [0.2, 0.25) is 0 Å². The number of halogens is 1. The van der Waals surface area contributed by atoms with E-state index in [1.165, 1.54) is 0 Å². The van der Waals surface area contributed by atoms with Crippen LogP contribution in [-0.2, 0) is 6.54 Å². The fourth-order valence-corrected chi connectivity index (χ4v) is 2.38. The van der Waals surface area contributed by atoms with Gasteiger partial charge in [0.1, 0.15) is 5.82 Å². The predicted octanol–water partition coefficient (Wildman–Crippen LogP) is 3.49. The second-order valence-corrected chi connectivity index (χ2v) is 5.34. The molecule has 2 rings (SSSR count). The van der Waals surface area contributed by atoms with Crippen molar-refractivity contribution >= 4 is 21.7 Å². The molecule has 0 N–H and O–H groups in total. The molecule has 2 heterocycles. The Morgan fingerprint density at radius 2 is 2.06 bits per heavy atom. The van der Waals surface area contributed by atoms with Crippen molar-refractivity contribution in [3.05, 3.63) is 51.9 Å². The average Bonchev–Trinajstić information content (AvgIpc) is 2.28. The predicted molar refractivity (Wildman–Crippen MR) is 77.8 cm³/mol. The Kier molecular flexibility index (Phi) is 3.97. The highest BCUT2D eigenvalue weighted by Crippen LogP contribution is 2.20. The molecule has 3 nitrogen and oxygen atoms in total. The van der Waals surface area contributed by atoms with Crippen LogP contribution in [0.15, 0.2) is 34.9 Å². The maximum absolute atomic E-state index is 4.51. The Labute approximate surface area is 116 Å². The summed E-state index contributed by atoms with van der Waals surface area (Å²) in [6, 6.07) is 8.15. The van der Waals surface area contributed by atoms with Crippen molar-refractivity contribution in [2.45, 2.75) is 20.4 Å². The second-order valence-electron chi connectivity index (χ2n) is 4.42. The first kappa shape index (κ1) is 13.0. The molecule has 0 saturated heterocycles. The van der Waals surface area contributed by atoms with Crippen LogP contribution >= 0.6 is 15.9 Å². The normalized spacial score (nSPS) is 10.4. The number of anilines is 1. The van der Waals surface area contributed by atoms with Gasteiger partial charge in [-0.05, 0) is 53.5 Å². The van der Waals surface area contributed by atoms with E-state index in [2.05, 4.69) is 43.8 Å². The lowest BCUT2D eigenvalue weighted by molar-refractivity contribution is 0.853. The third-order valence-electron chi connectivity index (χ3n) is 2.72. The van der Waals surface area contributed by atoms with Crippen molar-refractivity contribution in [1.29, 1.82) is 0 Å². The van der Waals surface area contributed by atoms with Crippen LogP contribution in [0.4, 0.5) is 5.82 Å². The zero-order valence-corrected chi connectivity index (χ0v) is 12.4. The Morgan fingerprint density at radius 1 is 1.28 bits per heavy atom. The van der Waals surface area contributed by atoms with Crippen molar-refractivity contribution < 1.29 is 0 Å². The van der Waals surface area contributed by atoms with E-state index < -0.39 is 0 Å². The monoisotopic (exact) mass is 305 g/mol. The van der Waals surface area contributed by atoms with Crippen LogP contribution in [-0.4, -0.2) is 17.0 Å². The van der Waals surface area contributed by atoms with Crippen LogP contribution in [0.25, 0.3) is 0 Å². The van der Waals surface area contributed by atoms with E-state index in [1.807, 2.05) is 38.4 Å². The summed E-state index contributed by atoms with van der Waals surface area (Å²) < 4.78 is 1.01. The standard InChI is InChI=1S/C14H16BrN3/c1-10-7-12(15)8-16-14(10)18(3)9-13-6-4-5-11(2)17-13/h4-8H,9H2,1-3H3. The SMILES string of the molecule is Cc1cccc(CN(C)c2ncc(Br)cc2C)n1. The number of rotatable bonds is 3. The average molecular weight is 306 g/mol. The Balaban J connectivity index is 2.19. The van der Waals surface area contributed by atoms with E-state index in [9.17, 15) is 0 Å². The minimum Gasteiger partial charge on any atom is -0.354 e. The van der Waals surface area contributed by atoms with Crippen molar-refractivity contribution in [3.8, 4) is 0 Å². The zero-order valence-electron chi connectivity index (χ0n) is 10.8. The van der Waals surface area contributed by atoms with Crippen LogP contribution in [0, 0.1) is 13.8 Å². The van der Waals surface area contributed by atoms with E-state index in [-0.39, 0.29) is 0 Å². The first-order valence-corrected chi connectivity index (χ1v) is 6.61. The van der Waals surface area contributed by atoms with Gasteiger partial charge in [-0.25, -0.2) is 4.98 Å². The van der Waals surface area contributed by atoms with Gasteiger partial charge in [-0.15, -0.1) is 0 Å². The largest absolute Gasteiger partial charge is 0.354 e. The highest BCUT2D eigenvalue weighted by molar-refractivity contribution is 9.10. The zero-order chi connectivity index (χ0) is 13.1. The summed E-state index contributed by atoms with van der Waals surface area (Å²) in [5.41, 5.74) is 3.25. The minimum atomic E-state index is 0.761. The lowest BCUT2D eigenvalue weighted by Gasteiger charge is -2.20. The van der Waals surface area contributed by atoms with Gasteiger partial charge in [-0.1, -0.05) is 6.07 Å². The molecule has 0 bridgehead atoms. The Bertz CT molecular complexity index is 554. The smallest absolute Gasteiger partial charge is 0.131 e. The molecular formula is C14H16BrN3. The molecule has 0 amide bonds. The number of aryl methyl sites for hydroxylation is 2. The number of hydrogen-bond donors (Lipinski definition) is 0. The summed E-state index contributed by atoms with van der Waals surface area (Å²) >= 11 is 3.43. The first-order chi connectivity index (χ1) is 8.56. The number of aromatic nitrogens is 2. The molecule has 0 radical (unpaired) electrons. The van der Waals surface area contributed by atoms with Crippen LogP contribution < -0.4 is 4.90 Å². The van der Waals surface area contributed by atoms with E-state index in [1.54, 1.807) is 0 Å². The van der Waals surface area contributed by atoms with E-state index >= 15 is 0 Å². The molecule has 0 saturated carbocycles. The molecule has 94 valence electrons. The van der Waals surface area contributed by atoms with Crippen molar-refractivity contribution in [1.82, 2.24) is 9.97 Å². The summed E-state index contributed by atoms with van der Waals surface area (Å²) in [6.45, 7) is 4.83.